The van der Waals surface area contributed by atoms with E-state index < -0.39 is 47.0 Å². The van der Waals surface area contributed by atoms with Crippen LogP contribution in [0.4, 0.5) is 26.3 Å². The van der Waals surface area contributed by atoms with Gasteiger partial charge in [-0.2, -0.15) is 26.3 Å². The van der Waals surface area contributed by atoms with Gasteiger partial charge in [0.1, 0.15) is 11.4 Å². The van der Waals surface area contributed by atoms with Gasteiger partial charge in [-0.25, -0.2) is 0 Å². The molecule has 6 atom stereocenters. The van der Waals surface area contributed by atoms with Crippen molar-refractivity contribution in [3.8, 4) is 5.75 Å². The summed E-state index contributed by atoms with van der Waals surface area (Å²) in [6.45, 7) is 4.17. The number of likely N-dealkylation sites (tertiary alicyclic amines) is 1. The highest BCUT2D eigenvalue weighted by Crippen LogP contribution is 2.55. The van der Waals surface area contributed by atoms with Crippen molar-refractivity contribution in [2.45, 2.75) is 82.3 Å². The lowest BCUT2D eigenvalue weighted by atomic mass is 9.73. The molecule has 1 saturated heterocycles. The van der Waals surface area contributed by atoms with E-state index in [1.807, 2.05) is 23.1 Å². The number of halogens is 6. The van der Waals surface area contributed by atoms with E-state index in [-0.39, 0.29) is 23.3 Å². The fourth-order valence-electron chi connectivity index (χ4n) is 8.03. The predicted octanol–water partition coefficient (Wildman–Crippen LogP) is 8.11. The molecule has 1 unspecified atom stereocenters. The fourth-order valence-corrected chi connectivity index (χ4v) is 8.03. The lowest BCUT2D eigenvalue weighted by Gasteiger charge is -2.51. The smallest absolute Gasteiger partial charge is 0.416 e. The minimum Gasteiger partial charge on any atom is -0.486 e. The number of hydrogen-bond acceptors (Lipinski definition) is 3. The van der Waals surface area contributed by atoms with Crippen LogP contribution < -0.4 is 4.74 Å². The first-order chi connectivity index (χ1) is 19.7. The van der Waals surface area contributed by atoms with Crippen molar-refractivity contribution in [1.82, 2.24) is 4.90 Å². The van der Waals surface area contributed by atoms with Crippen molar-refractivity contribution in [2.24, 2.45) is 23.7 Å². The number of rotatable bonds is 6. The maximum atomic E-state index is 13.9. The molecule has 2 saturated carbocycles. The number of aliphatic carboxylic acids is 1. The molecule has 2 aliphatic heterocycles. The molecule has 2 bridgehead atoms. The highest BCUT2D eigenvalue weighted by Gasteiger charge is 2.57. The molecule has 42 heavy (non-hydrogen) atoms. The van der Waals surface area contributed by atoms with Crippen LogP contribution in [0, 0.1) is 23.7 Å². The molecule has 2 heterocycles. The Morgan fingerprint density at radius 2 is 1.62 bits per heavy atom. The number of aryl methyl sites for hydroxylation is 1. The van der Waals surface area contributed by atoms with Gasteiger partial charge in [-0.15, -0.1) is 0 Å². The van der Waals surface area contributed by atoms with Crippen molar-refractivity contribution in [3.63, 3.8) is 0 Å². The van der Waals surface area contributed by atoms with Gasteiger partial charge in [0, 0.05) is 31.0 Å². The van der Waals surface area contributed by atoms with Gasteiger partial charge in [-0.05, 0) is 98.2 Å². The lowest BCUT2D eigenvalue weighted by Crippen LogP contribution is -2.58. The first-order valence-electron chi connectivity index (χ1n) is 14.8. The van der Waals surface area contributed by atoms with Crippen LogP contribution in [-0.4, -0.2) is 34.7 Å². The average Bonchev–Trinajstić information content (AvgIpc) is 3.74. The molecule has 10 heteroatoms. The molecule has 2 aromatic rings. The minimum absolute atomic E-state index is 0.0211. The number of ether oxygens (including phenoxy) is 1. The zero-order valence-electron chi connectivity index (χ0n) is 23.6. The fraction of sp³-hybridized carbons (Fsp3) is 0.594. The number of hydrogen-bond donors (Lipinski definition) is 1. The number of piperidine rings is 1. The van der Waals surface area contributed by atoms with Gasteiger partial charge in [0.2, 0.25) is 0 Å². The molecule has 6 rings (SSSR count). The van der Waals surface area contributed by atoms with Gasteiger partial charge in [-0.1, -0.05) is 19.1 Å². The highest BCUT2D eigenvalue weighted by molar-refractivity contribution is 5.71. The molecule has 1 spiro atoms. The molecular formula is C32H35F6NO3. The number of carboxylic acid groups (broad SMARTS) is 1. The molecule has 0 radical (unpaired) electrons. The Balaban J connectivity index is 1.26. The van der Waals surface area contributed by atoms with Crippen LogP contribution in [0.3, 0.4) is 0 Å². The van der Waals surface area contributed by atoms with E-state index in [0.717, 1.165) is 55.4 Å². The zero-order chi connectivity index (χ0) is 30.2. The van der Waals surface area contributed by atoms with Crippen molar-refractivity contribution >= 4 is 5.97 Å². The standard InChI is InChI=1S/C32H35F6NO3/c1-17(29(40)41)28(20-4-5-20)21-6-3-19-11-12-30(42-27(19)13-21)23-7-8-24(30)16-39(15-23)18(2)25-14-22(31(33,34)35)9-10-26(25)32(36,37)38/h3,6,9-10,13-14,17-18,20,23-24,28H,4-5,7-8,11-12,15-16H2,1-2H3,(H,40,41)/t17-,18+,23-,24+,28-,30?/m0/s1. The lowest BCUT2D eigenvalue weighted by molar-refractivity contribution is -0.142. The van der Waals surface area contributed by atoms with E-state index in [1.54, 1.807) is 13.8 Å². The summed E-state index contributed by atoms with van der Waals surface area (Å²) in [5.74, 6) is -0.297. The summed E-state index contributed by atoms with van der Waals surface area (Å²) < 4.78 is 88.9. The number of nitrogens with zero attached hydrogens (tertiary/aromatic N) is 1. The van der Waals surface area contributed by atoms with Gasteiger partial charge < -0.3 is 9.84 Å². The summed E-state index contributed by atoms with van der Waals surface area (Å²) in [5, 5.41) is 9.72. The van der Waals surface area contributed by atoms with Gasteiger partial charge in [0.25, 0.3) is 0 Å². The van der Waals surface area contributed by atoms with Crippen molar-refractivity contribution in [3.05, 3.63) is 64.2 Å². The van der Waals surface area contributed by atoms with Gasteiger partial charge >= 0.3 is 18.3 Å². The third kappa shape index (κ3) is 5.07. The Morgan fingerprint density at radius 1 is 0.952 bits per heavy atom. The van der Waals surface area contributed by atoms with Crippen molar-refractivity contribution in [2.75, 3.05) is 13.1 Å². The molecule has 0 aromatic heterocycles. The summed E-state index contributed by atoms with van der Waals surface area (Å²) in [7, 11) is 0. The molecule has 1 N–H and O–H groups in total. The van der Waals surface area contributed by atoms with Crippen LogP contribution in [-0.2, 0) is 23.6 Å². The minimum atomic E-state index is -4.77. The van der Waals surface area contributed by atoms with E-state index in [1.165, 1.54) is 0 Å². The first kappa shape index (κ1) is 29.3. The SMILES string of the molecule is C[C@H](C(=O)O)[C@H](c1ccc2c(c1)OC1(CC2)[C@@H]2CC[C@H]1CN([C@H](C)c1cc(C(F)(F)F)ccc1C(F)(F)F)C2)C1CC1. The summed E-state index contributed by atoms with van der Waals surface area (Å²) >= 11 is 0. The molecule has 2 aliphatic carbocycles. The molecule has 0 amide bonds. The second kappa shape index (κ2) is 10.2. The van der Waals surface area contributed by atoms with Crippen LogP contribution >= 0.6 is 0 Å². The Kier molecular flexibility index (Phi) is 7.10. The molecule has 4 aliphatic rings. The second-order valence-corrected chi connectivity index (χ2v) is 12.8. The maximum absolute atomic E-state index is 13.9. The quantitative estimate of drug-likeness (QED) is 0.343. The molecule has 3 fully saturated rings. The molecular weight excluding hydrogens is 560 g/mol. The zero-order valence-corrected chi connectivity index (χ0v) is 23.6. The third-order valence-electron chi connectivity index (χ3n) is 10.5. The number of alkyl halides is 6. The van der Waals surface area contributed by atoms with E-state index in [9.17, 15) is 36.2 Å². The number of benzene rings is 2. The van der Waals surface area contributed by atoms with Crippen molar-refractivity contribution in [1.29, 1.82) is 0 Å². The number of carbonyl (C=O) groups is 1. The monoisotopic (exact) mass is 595 g/mol. The maximum Gasteiger partial charge on any atom is 0.416 e. The first-order valence-corrected chi connectivity index (χ1v) is 14.8. The molecule has 228 valence electrons. The number of carboxylic acids is 1. The van der Waals surface area contributed by atoms with Gasteiger partial charge in [0.15, 0.2) is 0 Å². The van der Waals surface area contributed by atoms with E-state index in [0.29, 0.717) is 37.2 Å². The normalized spacial score (nSPS) is 28.2. The van der Waals surface area contributed by atoms with E-state index in [2.05, 4.69) is 0 Å². The Hall–Kier alpha value is -2.75. The van der Waals surface area contributed by atoms with Crippen LogP contribution in [0.15, 0.2) is 36.4 Å². The predicted molar refractivity (Wildman–Crippen MR) is 143 cm³/mol. The van der Waals surface area contributed by atoms with Crippen LogP contribution in [0.2, 0.25) is 0 Å². The van der Waals surface area contributed by atoms with Crippen molar-refractivity contribution < 1.29 is 41.0 Å². The third-order valence-corrected chi connectivity index (χ3v) is 10.5. The Labute approximate surface area is 241 Å². The summed E-state index contributed by atoms with van der Waals surface area (Å²) in [5.41, 5.74) is -0.936. The Bertz CT molecular complexity index is 1350. The summed E-state index contributed by atoms with van der Waals surface area (Å²) in [4.78, 5) is 13.7. The molecule has 2 aromatic carbocycles. The highest BCUT2D eigenvalue weighted by atomic mass is 19.4. The second-order valence-electron chi connectivity index (χ2n) is 12.8. The van der Waals surface area contributed by atoms with Gasteiger partial charge in [0.05, 0.1) is 17.0 Å². The van der Waals surface area contributed by atoms with Gasteiger partial charge in [-0.3, -0.25) is 9.69 Å². The largest absolute Gasteiger partial charge is 0.486 e. The topological polar surface area (TPSA) is 49.8 Å². The van der Waals surface area contributed by atoms with E-state index >= 15 is 0 Å². The summed E-state index contributed by atoms with van der Waals surface area (Å²) in [6, 6.07) is 6.91. The summed E-state index contributed by atoms with van der Waals surface area (Å²) in [6.07, 6.45) is -4.29. The van der Waals surface area contributed by atoms with Crippen LogP contribution in [0.1, 0.15) is 85.7 Å². The van der Waals surface area contributed by atoms with Crippen LogP contribution in [0.25, 0.3) is 0 Å². The van der Waals surface area contributed by atoms with E-state index in [4.69, 9.17) is 4.74 Å². The van der Waals surface area contributed by atoms with Crippen LogP contribution in [0.5, 0.6) is 5.75 Å². The molecule has 4 nitrogen and oxygen atoms in total. The average molecular weight is 596 g/mol. The Morgan fingerprint density at radius 3 is 2.19 bits per heavy atom. The number of fused-ring (bicyclic) bond motifs is 1.